The van der Waals surface area contributed by atoms with E-state index in [1.807, 2.05) is 21.1 Å². The van der Waals surface area contributed by atoms with Gasteiger partial charge in [0.25, 0.3) is 0 Å². The molecule has 0 radical (unpaired) electrons. The van der Waals surface area contributed by atoms with Crippen molar-refractivity contribution < 1.29 is 29.4 Å². The topological polar surface area (TPSA) is 94.8 Å². The summed E-state index contributed by atoms with van der Waals surface area (Å²) in [7, 11) is 5.44. The Balaban J connectivity index is 4.42. The summed E-state index contributed by atoms with van der Waals surface area (Å²) in [6.07, 6.45) is 3.75. The number of aliphatic hydroxyl groups excluding tert-OH is 1. The lowest BCUT2D eigenvalue weighted by Gasteiger charge is -2.33. The number of carboxylic acid groups (broad SMARTS) is 1. The lowest BCUT2D eigenvalue weighted by atomic mass is 9.89. The van der Waals surface area contributed by atoms with Crippen LogP contribution in [0.15, 0.2) is 0 Å². The molecule has 0 fully saturated rings. The van der Waals surface area contributed by atoms with Crippen molar-refractivity contribution in [3.05, 3.63) is 0 Å². The lowest BCUT2D eigenvalue weighted by Crippen LogP contribution is -2.54. The molecule has 0 aromatic carbocycles. The fourth-order valence-corrected chi connectivity index (χ4v) is 2.44. The minimum atomic E-state index is -1.80. The normalized spacial score (nSPS) is 14.7. The Hall–Kier alpha value is -0.980. The number of carbonyl (C=O) groups is 2. The van der Waals surface area contributed by atoms with Gasteiger partial charge in [-0.25, -0.2) is 0 Å². The van der Waals surface area contributed by atoms with E-state index in [2.05, 4.69) is 0 Å². The van der Waals surface area contributed by atoms with Gasteiger partial charge in [-0.2, -0.15) is 0 Å². The molecule has 0 aromatic rings. The Morgan fingerprint density at radius 3 is 2.00 bits per heavy atom. The molecular weight excluding hydrogens is 274 g/mol. The van der Waals surface area contributed by atoms with E-state index < -0.39 is 18.0 Å². The Bertz CT molecular complexity index is 337. The van der Waals surface area contributed by atoms with Crippen molar-refractivity contribution >= 4 is 11.8 Å². The second-order valence-electron chi connectivity index (χ2n) is 6.72. The molecule has 1 atom stereocenters. The molecule has 0 bridgehead atoms. The SMILES string of the molecule is C[N+](C)(C)CC(O)(CC(=O)O)C(=O)CCCCCCCO. The number of rotatable bonds is 12. The van der Waals surface area contributed by atoms with Crippen LogP contribution in [-0.2, 0) is 9.59 Å². The van der Waals surface area contributed by atoms with Gasteiger partial charge in [0.2, 0.25) is 0 Å². The van der Waals surface area contributed by atoms with Crippen LogP contribution in [0.2, 0.25) is 0 Å². The van der Waals surface area contributed by atoms with E-state index in [-0.39, 0.29) is 25.4 Å². The van der Waals surface area contributed by atoms with Gasteiger partial charge in [-0.3, -0.25) is 9.59 Å². The number of aliphatic carboxylic acids is 1. The summed E-state index contributed by atoms with van der Waals surface area (Å²) in [4.78, 5) is 23.1. The predicted molar refractivity (Wildman–Crippen MR) is 79.9 cm³/mol. The molecule has 0 saturated heterocycles. The molecule has 0 aromatic heterocycles. The highest BCUT2D eigenvalue weighted by molar-refractivity contribution is 5.90. The third-order valence-electron chi connectivity index (χ3n) is 3.26. The molecule has 0 amide bonds. The largest absolute Gasteiger partial charge is 0.481 e. The second kappa shape index (κ2) is 9.12. The Labute approximate surface area is 127 Å². The van der Waals surface area contributed by atoms with Gasteiger partial charge >= 0.3 is 5.97 Å². The van der Waals surface area contributed by atoms with Crippen LogP contribution in [0, 0.1) is 0 Å². The number of Topliss-reactive ketones (excluding diaryl/α,β-unsaturated/α-hetero) is 1. The fraction of sp³-hybridized carbons (Fsp3) is 0.867. The summed E-state index contributed by atoms with van der Waals surface area (Å²) < 4.78 is 0.325. The highest BCUT2D eigenvalue weighted by Gasteiger charge is 2.42. The van der Waals surface area contributed by atoms with Crippen LogP contribution in [0.1, 0.15) is 44.9 Å². The highest BCUT2D eigenvalue weighted by Crippen LogP contribution is 2.20. The molecule has 0 spiro atoms. The van der Waals surface area contributed by atoms with Crippen LogP contribution in [0.25, 0.3) is 0 Å². The van der Waals surface area contributed by atoms with Crippen LogP contribution >= 0.6 is 0 Å². The number of nitrogens with zero attached hydrogens (tertiary/aromatic N) is 1. The van der Waals surface area contributed by atoms with Crippen molar-refractivity contribution in [1.29, 1.82) is 0 Å². The van der Waals surface area contributed by atoms with E-state index in [0.29, 0.717) is 10.9 Å². The zero-order valence-corrected chi connectivity index (χ0v) is 13.5. The van der Waals surface area contributed by atoms with E-state index >= 15 is 0 Å². The summed E-state index contributed by atoms with van der Waals surface area (Å²) >= 11 is 0. The number of aliphatic hydroxyl groups is 2. The van der Waals surface area contributed by atoms with Crippen molar-refractivity contribution in [2.24, 2.45) is 0 Å². The first-order chi connectivity index (χ1) is 9.60. The quantitative estimate of drug-likeness (QED) is 0.366. The van der Waals surface area contributed by atoms with Gasteiger partial charge in [-0.05, 0) is 12.8 Å². The van der Waals surface area contributed by atoms with E-state index in [1.54, 1.807) is 0 Å². The highest BCUT2D eigenvalue weighted by atomic mass is 16.4. The van der Waals surface area contributed by atoms with Crippen LogP contribution in [-0.4, -0.2) is 71.5 Å². The first kappa shape index (κ1) is 20.0. The van der Waals surface area contributed by atoms with Crippen LogP contribution < -0.4 is 0 Å². The molecule has 6 nitrogen and oxygen atoms in total. The first-order valence-corrected chi connectivity index (χ1v) is 7.49. The maximum atomic E-state index is 12.2. The number of hydrogen-bond donors (Lipinski definition) is 3. The van der Waals surface area contributed by atoms with E-state index in [9.17, 15) is 14.7 Å². The molecule has 21 heavy (non-hydrogen) atoms. The van der Waals surface area contributed by atoms with E-state index in [4.69, 9.17) is 10.2 Å². The van der Waals surface area contributed by atoms with Gasteiger partial charge in [-0.15, -0.1) is 0 Å². The molecule has 0 heterocycles. The van der Waals surface area contributed by atoms with Crippen LogP contribution in [0.4, 0.5) is 0 Å². The summed E-state index contributed by atoms with van der Waals surface area (Å²) in [5.74, 6) is -1.55. The standard InChI is InChI=1S/C15H29NO5/c1-16(2,3)12-15(21,11-14(19)20)13(18)9-7-5-4-6-8-10-17/h17,21H,4-12H2,1-3H3/p+1. The van der Waals surface area contributed by atoms with Crippen molar-refractivity contribution in [3.63, 3.8) is 0 Å². The third kappa shape index (κ3) is 9.55. The molecule has 0 aliphatic carbocycles. The summed E-state index contributed by atoms with van der Waals surface area (Å²) in [5.41, 5.74) is -1.80. The zero-order chi connectivity index (χ0) is 16.5. The van der Waals surface area contributed by atoms with Gasteiger partial charge in [0.1, 0.15) is 6.54 Å². The smallest absolute Gasteiger partial charge is 0.306 e. The number of ketones is 1. The monoisotopic (exact) mass is 304 g/mol. The molecule has 6 heteroatoms. The predicted octanol–water partition coefficient (Wildman–Crippen LogP) is 0.800. The van der Waals surface area contributed by atoms with Crippen molar-refractivity contribution in [1.82, 2.24) is 0 Å². The summed E-state index contributed by atoms with van der Waals surface area (Å²) in [6.45, 7) is 0.267. The van der Waals surface area contributed by atoms with Crippen molar-refractivity contribution in [2.45, 2.75) is 50.5 Å². The number of unbranched alkanes of at least 4 members (excludes halogenated alkanes) is 4. The van der Waals surface area contributed by atoms with E-state index in [1.165, 1.54) is 0 Å². The molecule has 0 aliphatic heterocycles. The molecular formula is C15H30NO5+. The number of carboxylic acids is 1. The van der Waals surface area contributed by atoms with Crippen LogP contribution in [0.3, 0.4) is 0 Å². The lowest BCUT2D eigenvalue weighted by molar-refractivity contribution is -0.875. The number of likely N-dealkylation sites (N-methyl/N-ethyl adjacent to an activating group) is 1. The van der Waals surface area contributed by atoms with Gasteiger partial charge in [-0.1, -0.05) is 19.3 Å². The third-order valence-corrected chi connectivity index (χ3v) is 3.26. The van der Waals surface area contributed by atoms with Crippen molar-refractivity contribution in [3.8, 4) is 0 Å². The zero-order valence-electron chi connectivity index (χ0n) is 13.5. The Morgan fingerprint density at radius 1 is 1.00 bits per heavy atom. The summed E-state index contributed by atoms with van der Waals surface area (Å²) in [5, 5.41) is 28.0. The number of carbonyl (C=O) groups excluding carboxylic acids is 1. The average Bonchev–Trinajstić information content (AvgIpc) is 2.29. The number of quaternary nitrogens is 1. The molecule has 0 saturated carbocycles. The molecule has 3 N–H and O–H groups in total. The number of hydrogen-bond acceptors (Lipinski definition) is 4. The van der Waals surface area contributed by atoms with Gasteiger partial charge in [0.05, 0.1) is 27.6 Å². The first-order valence-electron chi connectivity index (χ1n) is 7.49. The van der Waals surface area contributed by atoms with Gasteiger partial charge < -0.3 is 19.8 Å². The average molecular weight is 304 g/mol. The molecule has 0 rings (SSSR count). The maximum absolute atomic E-state index is 12.2. The summed E-state index contributed by atoms with van der Waals surface area (Å²) in [6, 6.07) is 0. The molecule has 124 valence electrons. The Kier molecular flexibility index (Phi) is 8.70. The van der Waals surface area contributed by atoms with E-state index in [0.717, 1.165) is 25.7 Å². The van der Waals surface area contributed by atoms with Gasteiger partial charge in [0.15, 0.2) is 11.4 Å². The second-order valence-corrected chi connectivity index (χ2v) is 6.72. The Morgan fingerprint density at radius 2 is 1.52 bits per heavy atom. The van der Waals surface area contributed by atoms with Gasteiger partial charge in [0, 0.05) is 13.0 Å². The minimum Gasteiger partial charge on any atom is -0.481 e. The van der Waals surface area contributed by atoms with Crippen LogP contribution in [0.5, 0.6) is 0 Å². The maximum Gasteiger partial charge on any atom is 0.306 e. The molecule has 1 unspecified atom stereocenters. The van der Waals surface area contributed by atoms with Crippen molar-refractivity contribution in [2.75, 3.05) is 34.3 Å². The fourth-order valence-electron chi connectivity index (χ4n) is 2.44. The molecule has 0 aliphatic rings. The minimum absolute atomic E-state index is 0.0860.